The number of rotatable bonds is 6. The highest BCUT2D eigenvalue weighted by Gasteiger charge is 2.18. The zero-order chi connectivity index (χ0) is 15.5. The monoisotopic (exact) mass is 313 g/mol. The summed E-state index contributed by atoms with van der Waals surface area (Å²) in [5.41, 5.74) is -0.491. The van der Waals surface area contributed by atoms with Crippen LogP contribution in [0, 0.1) is 0 Å². The van der Waals surface area contributed by atoms with Crippen LogP contribution in [0.2, 0.25) is 0 Å². The molecule has 3 N–H and O–H groups in total. The van der Waals surface area contributed by atoms with Gasteiger partial charge in [0.15, 0.2) is 6.33 Å². The van der Waals surface area contributed by atoms with E-state index in [1.54, 1.807) is 0 Å². The van der Waals surface area contributed by atoms with E-state index < -0.39 is 27.3 Å². The minimum Gasteiger partial charge on any atom is -0.507 e. The Bertz CT molecular complexity index is 741. The minimum atomic E-state index is -3.90. The van der Waals surface area contributed by atoms with Crippen molar-refractivity contribution in [3.63, 3.8) is 0 Å². The Labute approximate surface area is 119 Å². The van der Waals surface area contributed by atoms with Gasteiger partial charge in [-0.1, -0.05) is 5.16 Å². The molecule has 2 aromatic rings. The molecule has 2 rings (SSSR count). The van der Waals surface area contributed by atoms with Crippen molar-refractivity contribution >= 4 is 16.0 Å². The van der Waals surface area contributed by atoms with Crippen LogP contribution in [0.3, 0.4) is 0 Å². The fourth-order valence-corrected chi connectivity index (χ4v) is 2.59. The van der Waals surface area contributed by atoms with E-state index in [4.69, 9.17) is 9.63 Å². The number of carboxylic acids is 1. The lowest BCUT2D eigenvalue weighted by Gasteiger charge is -2.07. The van der Waals surface area contributed by atoms with E-state index in [-0.39, 0.29) is 23.8 Å². The van der Waals surface area contributed by atoms with Crippen LogP contribution in [-0.4, -0.2) is 41.3 Å². The number of carbonyl (C=O) groups is 1. The molecule has 0 aliphatic heterocycles. The quantitative estimate of drug-likeness (QED) is 0.676. The van der Waals surface area contributed by atoms with Gasteiger partial charge in [-0.3, -0.25) is 0 Å². The molecule has 0 radical (unpaired) electrons. The second kappa shape index (κ2) is 5.89. The molecule has 1 aromatic heterocycles. The van der Waals surface area contributed by atoms with Crippen LogP contribution in [0.25, 0.3) is 0 Å². The molecule has 9 nitrogen and oxygen atoms in total. The smallest absolute Gasteiger partial charge is 0.339 e. The number of aromatic nitrogens is 2. The molecule has 0 aliphatic carbocycles. The lowest BCUT2D eigenvalue weighted by molar-refractivity contribution is 0.0693. The number of aromatic hydroxyl groups is 1. The Morgan fingerprint density at radius 2 is 2.14 bits per heavy atom. The molecule has 1 heterocycles. The molecule has 21 heavy (non-hydrogen) atoms. The maximum absolute atomic E-state index is 12.0. The zero-order valence-electron chi connectivity index (χ0n) is 10.6. The largest absolute Gasteiger partial charge is 0.507 e. The minimum absolute atomic E-state index is 0.00775. The lowest BCUT2D eigenvalue weighted by Crippen LogP contribution is -2.26. The first kappa shape index (κ1) is 14.9. The summed E-state index contributed by atoms with van der Waals surface area (Å²) in [5, 5.41) is 21.6. The fourth-order valence-electron chi connectivity index (χ4n) is 1.54. The zero-order valence-corrected chi connectivity index (χ0v) is 11.4. The third kappa shape index (κ3) is 3.55. The summed E-state index contributed by atoms with van der Waals surface area (Å²) in [7, 11) is -3.90. The van der Waals surface area contributed by atoms with E-state index in [0.29, 0.717) is 0 Å². The standard InChI is InChI=1S/C11H11N3O6S/c15-9-2-1-7(5-8(9)11(16)17)21(18,19)14-4-3-10-12-6-13-20-10/h1-2,5-6,14-15H,3-4H2,(H,16,17). The normalized spacial score (nSPS) is 11.4. The molecular formula is C11H11N3O6S. The summed E-state index contributed by atoms with van der Waals surface area (Å²) in [5.74, 6) is -1.66. The van der Waals surface area contributed by atoms with Crippen molar-refractivity contribution in [3.8, 4) is 5.75 Å². The molecule has 0 saturated heterocycles. The van der Waals surface area contributed by atoms with Gasteiger partial charge in [-0.15, -0.1) is 0 Å². The van der Waals surface area contributed by atoms with E-state index in [2.05, 4.69) is 14.9 Å². The molecule has 0 unspecified atom stereocenters. The van der Waals surface area contributed by atoms with Crippen LogP contribution < -0.4 is 4.72 Å². The number of nitrogens with zero attached hydrogens (tertiary/aromatic N) is 2. The molecule has 0 saturated carbocycles. The summed E-state index contributed by atoms with van der Waals surface area (Å²) >= 11 is 0. The molecule has 112 valence electrons. The fraction of sp³-hybridized carbons (Fsp3) is 0.182. The van der Waals surface area contributed by atoms with Gasteiger partial charge in [0.1, 0.15) is 11.3 Å². The van der Waals surface area contributed by atoms with Gasteiger partial charge >= 0.3 is 5.97 Å². The predicted octanol–water partition coefficient (Wildman–Crippen LogP) is -0.00560. The van der Waals surface area contributed by atoms with Crippen molar-refractivity contribution in [2.24, 2.45) is 0 Å². The molecule has 0 spiro atoms. The molecule has 0 fully saturated rings. The highest BCUT2D eigenvalue weighted by Crippen LogP contribution is 2.21. The van der Waals surface area contributed by atoms with Crippen LogP contribution in [-0.2, 0) is 16.4 Å². The van der Waals surface area contributed by atoms with Crippen molar-refractivity contribution in [3.05, 3.63) is 36.0 Å². The summed E-state index contributed by atoms with van der Waals surface area (Å²) < 4.78 is 31.0. The summed E-state index contributed by atoms with van der Waals surface area (Å²) in [6.07, 6.45) is 1.39. The van der Waals surface area contributed by atoms with Crippen LogP contribution >= 0.6 is 0 Å². The highest BCUT2D eigenvalue weighted by atomic mass is 32.2. The van der Waals surface area contributed by atoms with E-state index in [1.165, 1.54) is 6.33 Å². The van der Waals surface area contributed by atoms with Crippen LogP contribution in [0.15, 0.2) is 33.9 Å². The Morgan fingerprint density at radius 1 is 1.38 bits per heavy atom. The van der Waals surface area contributed by atoms with Gasteiger partial charge in [-0.25, -0.2) is 17.9 Å². The van der Waals surface area contributed by atoms with Crippen LogP contribution in [0.4, 0.5) is 0 Å². The van der Waals surface area contributed by atoms with E-state index >= 15 is 0 Å². The molecule has 0 bridgehead atoms. The van der Waals surface area contributed by atoms with Crippen LogP contribution in [0.5, 0.6) is 5.75 Å². The number of benzene rings is 1. The number of sulfonamides is 1. The van der Waals surface area contributed by atoms with E-state index in [9.17, 15) is 18.3 Å². The summed E-state index contributed by atoms with van der Waals surface area (Å²) in [6.45, 7) is 0.00775. The summed E-state index contributed by atoms with van der Waals surface area (Å²) in [6, 6.07) is 3.00. The summed E-state index contributed by atoms with van der Waals surface area (Å²) in [4.78, 5) is 14.3. The Hall–Kier alpha value is -2.46. The molecular weight excluding hydrogens is 302 g/mol. The number of phenols is 1. The maximum atomic E-state index is 12.0. The van der Waals surface area contributed by atoms with Crippen molar-refractivity contribution in [1.29, 1.82) is 0 Å². The van der Waals surface area contributed by atoms with Gasteiger partial charge in [0.05, 0.1) is 4.90 Å². The highest BCUT2D eigenvalue weighted by molar-refractivity contribution is 7.89. The van der Waals surface area contributed by atoms with Gasteiger partial charge in [-0.2, -0.15) is 4.98 Å². The molecule has 0 aliphatic rings. The van der Waals surface area contributed by atoms with Gasteiger partial charge < -0.3 is 14.7 Å². The van der Waals surface area contributed by atoms with Crippen LogP contribution in [0.1, 0.15) is 16.2 Å². The third-order valence-corrected chi connectivity index (χ3v) is 4.01. The van der Waals surface area contributed by atoms with Crippen molar-refractivity contribution < 1.29 is 27.9 Å². The van der Waals surface area contributed by atoms with Gasteiger partial charge in [0.2, 0.25) is 15.9 Å². The average molecular weight is 313 g/mol. The van der Waals surface area contributed by atoms with E-state index in [1.807, 2.05) is 0 Å². The van der Waals surface area contributed by atoms with Crippen molar-refractivity contribution in [2.45, 2.75) is 11.3 Å². The number of hydrogen-bond donors (Lipinski definition) is 3. The van der Waals surface area contributed by atoms with Gasteiger partial charge in [0, 0.05) is 13.0 Å². The first-order chi connectivity index (χ1) is 9.90. The number of nitrogens with one attached hydrogen (secondary N) is 1. The predicted molar refractivity (Wildman–Crippen MR) is 68.3 cm³/mol. The number of hydrogen-bond acceptors (Lipinski definition) is 7. The Balaban J connectivity index is 2.12. The third-order valence-electron chi connectivity index (χ3n) is 2.55. The first-order valence-electron chi connectivity index (χ1n) is 5.71. The Morgan fingerprint density at radius 3 is 2.76 bits per heavy atom. The topological polar surface area (TPSA) is 143 Å². The molecule has 1 aromatic carbocycles. The SMILES string of the molecule is O=C(O)c1cc(S(=O)(=O)NCCc2ncno2)ccc1O. The second-order valence-corrected chi connectivity index (χ2v) is 5.73. The lowest BCUT2D eigenvalue weighted by atomic mass is 10.2. The first-order valence-corrected chi connectivity index (χ1v) is 7.20. The molecule has 0 atom stereocenters. The molecule has 10 heteroatoms. The van der Waals surface area contributed by atoms with Crippen molar-refractivity contribution in [1.82, 2.24) is 14.9 Å². The van der Waals surface area contributed by atoms with Gasteiger partial charge in [-0.05, 0) is 18.2 Å². The maximum Gasteiger partial charge on any atom is 0.339 e. The average Bonchev–Trinajstić information content (AvgIpc) is 2.91. The number of carboxylic acid groups (broad SMARTS) is 1. The van der Waals surface area contributed by atoms with E-state index in [0.717, 1.165) is 18.2 Å². The second-order valence-electron chi connectivity index (χ2n) is 3.97. The Kier molecular flexibility index (Phi) is 4.19. The number of aromatic carboxylic acids is 1. The molecule has 0 amide bonds. The van der Waals surface area contributed by atoms with Crippen molar-refractivity contribution in [2.75, 3.05) is 6.54 Å². The van der Waals surface area contributed by atoms with Gasteiger partial charge in [0.25, 0.3) is 0 Å².